The van der Waals surface area contributed by atoms with Gasteiger partial charge in [-0.15, -0.1) is 11.3 Å². The van der Waals surface area contributed by atoms with Crippen LogP contribution >= 0.6 is 11.3 Å². The number of nitrogens with one attached hydrogen (secondary N) is 1. The number of likely N-dealkylation sites (tertiary alicyclic amines) is 1. The van der Waals surface area contributed by atoms with Crippen molar-refractivity contribution >= 4 is 29.0 Å². The molecule has 1 N–H and O–H groups in total. The Kier molecular flexibility index (Phi) is 5.21. The van der Waals surface area contributed by atoms with Crippen molar-refractivity contribution in [3.05, 3.63) is 64.2 Å². The van der Waals surface area contributed by atoms with Crippen LogP contribution in [-0.2, 0) is 11.3 Å². The van der Waals surface area contributed by atoms with Gasteiger partial charge in [0, 0.05) is 30.0 Å². The molecule has 3 aromatic heterocycles. The Morgan fingerprint density at radius 3 is 2.93 bits per heavy atom. The van der Waals surface area contributed by atoms with E-state index in [1.165, 1.54) is 11.3 Å². The molecule has 8 heteroatoms. The number of aryl methyl sites for hydroxylation is 1. The third kappa shape index (κ3) is 3.96. The van der Waals surface area contributed by atoms with Crippen molar-refractivity contribution in [2.45, 2.75) is 32.4 Å². The fourth-order valence-corrected chi connectivity index (χ4v) is 4.41. The van der Waals surface area contributed by atoms with Crippen LogP contribution in [0.5, 0.6) is 0 Å². The first kappa shape index (κ1) is 18.4. The van der Waals surface area contributed by atoms with Gasteiger partial charge in [0.25, 0.3) is 5.91 Å². The smallest absolute Gasteiger partial charge is 0.266 e. The fraction of sp³-hybridized carbons (Fsp3) is 0.300. The lowest BCUT2D eigenvalue weighted by Crippen LogP contribution is -2.33. The number of amides is 2. The largest absolute Gasteiger partial charge is 0.333 e. The van der Waals surface area contributed by atoms with E-state index in [0.29, 0.717) is 10.7 Å². The second-order valence-corrected chi connectivity index (χ2v) is 7.94. The Morgan fingerprint density at radius 2 is 2.18 bits per heavy atom. The molecule has 144 valence electrons. The second kappa shape index (κ2) is 7.93. The summed E-state index contributed by atoms with van der Waals surface area (Å²) in [6.07, 6.45) is 7.04. The lowest BCUT2D eigenvalue weighted by molar-refractivity contribution is -0.132. The third-order valence-corrected chi connectivity index (χ3v) is 5.95. The first-order valence-corrected chi connectivity index (χ1v) is 10.0. The van der Waals surface area contributed by atoms with Gasteiger partial charge >= 0.3 is 0 Å². The van der Waals surface area contributed by atoms with E-state index < -0.39 is 0 Å². The van der Waals surface area contributed by atoms with Gasteiger partial charge < -0.3 is 10.2 Å². The lowest BCUT2D eigenvalue weighted by atomic mass is 10.2. The summed E-state index contributed by atoms with van der Waals surface area (Å²) in [5, 5.41) is 6.93. The molecule has 1 aliphatic rings. The minimum Gasteiger partial charge on any atom is -0.333 e. The molecule has 28 heavy (non-hydrogen) atoms. The van der Waals surface area contributed by atoms with Gasteiger partial charge in [0.15, 0.2) is 0 Å². The number of carbonyl (C=O) groups excluding carboxylic acids is 2. The molecule has 0 aliphatic carbocycles. The Hall–Kier alpha value is -3.00. The molecule has 7 nitrogen and oxygen atoms in total. The van der Waals surface area contributed by atoms with Crippen LogP contribution in [0.1, 0.15) is 39.0 Å². The maximum Gasteiger partial charge on any atom is 0.266 e. The number of hydrogen-bond donors (Lipinski definition) is 1. The molecule has 1 saturated heterocycles. The van der Waals surface area contributed by atoms with Crippen molar-refractivity contribution in [2.24, 2.45) is 0 Å². The van der Waals surface area contributed by atoms with Crippen LogP contribution in [0.15, 0.2) is 48.9 Å². The third-order valence-electron chi connectivity index (χ3n) is 4.76. The first-order chi connectivity index (χ1) is 13.6. The average Bonchev–Trinajstić information content (AvgIpc) is 3.44. The Morgan fingerprint density at radius 1 is 1.29 bits per heavy atom. The molecule has 1 aliphatic heterocycles. The standard InChI is InChI=1S/C20H21N5O2S/c1-14-5-8-18(21-12-14)23-20(27)17-7-6-16(28-17)15-4-2-11-25(15)19(26)13-24-10-3-9-22-24/h3,5-10,12,15H,2,4,11,13H2,1H3,(H,21,23,27). The van der Waals surface area contributed by atoms with Crippen molar-refractivity contribution in [2.75, 3.05) is 11.9 Å². The summed E-state index contributed by atoms with van der Waals surface area (Å²) in [6.45, 7) is 2.92. The molecule has 4 rings (SSSR count). The van der Waals surface area contributed by atoms with E-state index in [1.807, 2.05) is 36.1 Å². The van der Waals surface area contributed by atoms with Crippen molar-refractivity contribution in [3.63, 3.8) is 0 Å². The molecule has 2 amide bonds. The van der Waals surface area contributed by atoms with Crippen LogP contribution in [0.25, 0.3) is 0 Å². The highest BCUT2D eigenvalue weighted by molar-refractivity contribution is 7.14. The Bertz CT molecular complexity index is 965. The molecule has 1 atom stereocenters. The summed E-state index contributed by atoms with van der Waals surface area (Å²) in [7, 11) is 0. The molecule has 0 saturated carbocycles. The van der Waals surface area contributed by atoms with Crippen LogP contribution in [0.3, 0.4) is 0 Å². The van der Waals surface area contributed by atoms with Crippen LogP contribution in [-0.4, -0.2) is 38.0 Å². The molecule has 1 fully saturated rings. The topological polar surface area (TPSA) is 80.1 Å². The van der Waals surface area contributed by atoms with Crippen molar-refractivity contribution < 1.29 is 9.59 Å². The molecule has 0 bridgehead atoms. The van der Waals surface area contributed by atoms with E-state index in [4.69, 9.17) is 0 Å². The van der Waals surface area contributed by atoms with Gasteiger partial charge in [-0.1, -0.05) is 6.07 Å². The number of rotatable bonds is 5. The van der Waals surface area contributed by atoms with Crippen LogP contribution in [0.2, 0.25) is 0 Å². The van der Waals surface area contributed by atoms with E-state index in [-0.39, 0.29) is 24.4 Å². The number of thiophene rings is 1. The molecular formula is C20H21N5O2S. The number of anilines is 1. The maximum absolute atomic E-state index is 12.7. The van der Waals surface area contributed by atoms with Crippen LogP contribution in [0.4, 0.5) is 5.82 Å². The van der Waals surface area contributed by atoms with Gasteiger partial charge in [0.1, 0.15) is 12.4 Å². The van der Waals surface area contributed by atoms with Gasteiger partial charge in [0.2, 0.25) is 5.91 Å². The van der Waals surface area contributed by atoms with Gasteiger partial charge in [0.05, 0.1) is 10.9 Å². The molecule has 3 aromatic rings. The SMILES string of the molecule is Cc1ccc(NC(=O)c2ccc(C3CCCN3C(=O)Cn3cccn3)s2)nc1. The van der Waals surface area contributed by atoms with E-state index in [1.54, 1.807) is 29.3 Å². The number of aromatic nitrogens is 3. The maximum atomic E-state index is 12.7. The summed E-state index contributed by atoms with van der Waals surface area (Å²) >= 11 is 1.43. The Balaban J connectivity index is 1.44. The summed E-state index contributed by atoms with van der Waals surface area (Å²) in [4.78, 5) is 33.0. The normalized spacial score (nSPS) is 16.3. The molecule has 0 radical (unpaired) electrons. The molecule has 0 aromatic carbocycles. The van der Waals surface area contributed by atoms with Gasteiger partial charge in [-0.05, 0) is 49.6 Å². The van der Waals surface area contributed by atoms with Crippen molar-refractivity contribution in [3.8, 4) is 0 Å². The zero-order valence-corrected chi connectivity index (χ0v) is 16.4. The van der Waals surface area contributed by atoms with Crippen LogP contribution in [0, 0.1) is 6.92 Å². The highest BCUT2D eigenvalue weighted by Gasteiger charge is 2.31. The first-order valence-electron chi connectivity index (χ1n) is 9.21. The van der Waals surface area contributed by atoms with E-state index in [0.717, 1.165) is 29.8 Å². The summed E-state index contributed by atoms with van der Waals surface area (Å²) < 4.78 is 1.64. The molecule has 1 unspecified atom stereocenters. The summed E-state index contributed by atoms with van der Waals surface area (Å²) in [6, 6.07) is 9.29. The molecule has 4 heterocycles. The highest BCUT2D eigenvalue weighted by atomic mass is 32.1. The minimum atomic E-state index is -0.181. The summed E-state index contributed by atoms with van der Waals surface area (Å²) in [5.74, 6) is 0.400. The van der Waals surface area contributed by atoms with Crippen molar-refractivity contribution in [1.82, 2.24) is 19.7 Å². The monoisotopic (exact) mass is 395 g/mol. The number of carbonyl (C=O) groups is 2. The van der Waals surface area contributed by atoms with E-state index in [9.17, 15) is 9.59 Å². The van der Waals surface area contributed by atoms with Gasteiger partial charge in [-0.2, -0.15) is 5.10 Å². The predicted octanol–water partition coefficient (Wildman–Crippen LogP) is 3.26. The fourth-order valence-electron chi connectivity index (χ4n) is 3.36. The predicted molar refractivity (Wildman–Crippen MR) is 107 cm³/mol. The zero-order chi connectivity index (χ0) is 19.5. The Labute approximate surface area is 167 Å². The van der Waals surface area contributed by atoms with Gasteiger partial charge in [-0.3, -0.25) is 14.3 Å². The molecular weight excluding hydrogens is 374 g/mol. The minimum absolute atomic E-state index is 0.0205. The molecule has 0 spiro atoms. The summed E-state index contributed by atoms with van der Waals surface area (Å²) in [5.41, 5.74) is 1.04. The number of nitrogens with zero attached hydrogens (tertiary/aromatic N) is 4. The van der Waals surface area contributed by atoms with Crippen molar-refractivity contribution in [1.29, 1.82) is 0 Å². The second-order valence-electron chi connectivity index (χ2n) is 6.83. The number of pyridine rings is 1. The lowest BCUT2D eigenvalue weighted by Gasteiger charge is -2.23. The average molecular weight is 395 g/mol. The van der Waals surface area contributed by atoms with E-state index >= 15 is 0 Å². The van der Waals surface area contributed by atoms with Gasteiger partial charge in [-0.25, -0.2) is 4.98 Å². The highest BCUT2D eigenvalue weighted by Crippen LogP contribution is 2.36. The van der Waals surface area contributed by atoms with Crippen LogP contribution < -0.4 is 5.32 Å². The zero-order valence-electron chi connectivity index (χ0n) is 15.5. The quantitative estimate of drug-likeness (QED) is 0.719. The number of hydrogen-bond acceptors (Lipinski definition) is 5. The van der Waals surface area contributed by atoms with E-state index in [2.05, 4.69) is 15.4 Å².